The van der Waals surface area contributed by atoms with Crippen molar-refractivity contribution < 1.29 is 4.92 Å². The topological polar surface area (TPSA) is 81.2 Å². The molecule has 1 aromatic rings. The summed E-state index contributed by atoms with van der Waals surface area (Å²) in [7, 11) is 0. The standard InChI is InChI=1S/C9H12ClN3O2/c10-8-2-1-3-9(13(14)15)7(8)6-12-5-4-11/h1-3,12H,4-6,11H2. The summed E-state index contributed by atoms with van der Waals surface area (Å²) in [6.07, 6.45) is 0. The monoisotopic (exact) mass is 229 g/mol. The Morgan fingerprint density at radius 2 is 2.27 bits per heavy atom. The smallest absolute Gasteiger partial charge is 0.275 e. The summed E-state index contributed by atoms with van der Waals surface area (Å²) >= 11 is 5.88. The van der Waals surface area contributed by atoms with Crippen LogP contribution in [0.5, 0.6) is 0 Å². The third-order valence-corrected chi connectivity index (χ3v) is 2.27. The van der Waals surface area contributed by atoms with Gasteiger partial charge in [0.25, 0.3) is 5.69 Å². The van der Waals surface area contributed by atoms with E-state index >= 15 is 0 Å². The van der Waals surface area contributed by atoms with Gasteiger partial charge in [-0.25, -0.2) is 0 Å². The van der Waals surface area contributed by atoms with Crippen molar-refractivity contribution >= 4 is 17.3 Å². The molecule has 0 aliphatic carbocycles. The predicted octanol–water partition coefficient (Wildman–Crippen LogP) is 1.30. The van der Waals surface area contributed by atoms with Crippen molar-refractivity contribution in [2.24, 2.45) is 5.73 Å². The van der Waals surface area contributed by atoms with E-state index in [4.69, 9.17) is 17.3 Å². The van der Waals surface area contributed by atoms with Crippen LogP contribution in [0.2, 0.25) is 5.02 Å². The lowest BCUT2D eigenvalue weighted by atomic mass is 10.2. The molecule has 0 atom stereocenters. The molecule has 1 aromatic carbocycles. The van der Waals surface area contributed by atoms with Crippen LogP contribution in [-0.2, 0) is 6.54 Å². The van der Waals surface area contributed by atoms with Crippen LogP contribution in [0.4, 0.5) is 5.69 Å². The SMILES string of the molecule is NCCNCc1c(Cl)cccc1[N+](=O)[O-]. The Balaban J connectivity index is 2.87. The first kappa shape index (κ1) is 11.9. The molecule has 15 heavy (non-hydrogen) atoms. The fourth-order valence-electron chi connectivity index (χ4n) is 1.21. The molecule has 0 aromatic heterocycles. The molecule has 0 bridgehead atoms. The Morgan fingerprint density at radius 1 is 1.53 bits per heavy atom. The van der Waals surface area contributed by atoms with Crippen molar-refractivity contribution in [2.45, 2.75) is 6.54 Å². The maximum Gasteiger partial charge on any atom is 0.275 e. The zero-order valence-electron chi connectivity index (χ0n) is 8.07. The van der Waals surface area contributed by atoms with E-state index < -0.39 is 4.92 Å². The normalized spacial score (nSPS) is 10.3. The molecule has 0 fully saturated rings. The zero-order chi connectivity index (χ0) is 11.3. The largest absolute Gasteiger partial charge is 0.329 e. The summed E-state index contributed by atoms with van der Waals surface area (Å²) in [6, 6.07) is 4.63. The number of nitro groups is 1. The van der Waals surface area contributed by atoms with Gasteiger partial charge in [-0.2, -0.15) is 0 Å². The molecule has 0 saturated heterocycles. The molecule has 0 unspecified atom stereocenters. The van der Waals surface area contributed by atoms with Crippen LogP contribution in [0.25, 0.3) is 0 Å². The summed E-state index contributed by atoms with van der Waals surface area (Å²) in [5.74, 6) is 0. The first-order valence-corrected chi connectivity index (χ1v) is 4.87. The highest BCUT2D eigenvalue weighted by molar-refractivity contribution is 6.31. The van der Waals surface area contributed by atoms with E-state index in [1.807, 2.05) is 0 Å². The van der Waals surface area contributed by atoms with Gasteiger partial charge >= 0.3 is 0 Å². The number of hydrogen-bond donors (Lipinski definition) is 2. The van der Waals surface area contributed by atoms with Gasteiger partial charge in [0.05, 0.1) is 15.5 Å². The van der Waals surface area contributed by atoms with Gasteiger partial charge in [0, 0.05) is 25.7 Å². The lowest BCUT2D eigenvalue weighted by Gasteiger charge is -2.06. The Labute approximate surface area is 92.4 Å². The molecule has 82 valence electrons. The Morgan fingerprint density at radius 3 is 2.87 bits per heavy atom. The van der Waals surface area contributed by atoms with Gasteiger partial charge < -0.3 is 11.1 Å². The van der Waals surface area contributed by atoms with E-state index in [2.05, 4.69) is 5.32 Å². The molecule has 0 amide bonds. The van der Waals surface area contributed by atoms with Gasteiger partial charge in [-0.05, 0) is 6.07 Å². The molecule has 5 nitrogen and oxygen atoms in total. The van der Waals surface area contributed by atoms with Crippen LogP contribution in [0, 0.1) is 10.1 Å². The minimum atomic E-state index is -0.439. The predicted molar refractivity (Wildman–Crippen MR) is 58.9 cm³/mol. The summed E-state index contributed by atoms with van der Waals surface area (Å²) < 4.78 is 0. The van der Waals surface area contributed by atoms with Crippen LogP contribution in [0.1, 0.15) is 5.56 Å². The number of nitrogens with zero attached hydrogens (tertiary/aromatic N) is 1. The van der Waals surface area contributed by atoms with Crippen molar-refractivity contribution in [3.05, 3.63) is 38.9 Å². The summed E-state index contributed by atoms with van der Waals surface area (Å²) in [5.41, 5.74) is 5.83. The van der Waals surface area contributed by atoms with Gasteiger partial charge in [-0.15, -0.1) is 0 Å². The highest BCUT2D eigenvalue weighted by atomic mass is 35.5. The first-order chi connectivity index (χ1) is 7.16. The maximum absolute atomic E-state index is 10.7. The van der Waals surface area contributed by atoms with Crippen molar-refractivity contribution in [1.82, 2.24) is 5.32 Å². The highest BCUT2D eigenvalue weighted by Crippen LogP contribution is 2.25. The summed E-state index contributed by atoms with van der Waals surface area (Å²) in [6.45, 7) is 1.44. The highest BCUT2D eigenvalue weighted by Gasteiger charge is 2.15. The molecule has 6 heteroatoms. The molecule has 0 radical (unpaired) electrons. The molecule has 0 aliphatic heterocycles. The Hall–Kier alpha value is -1.17. The fourth-order valence-corrected chi connectivity index (χ4v) is 1.45. The van der Waals surface area contributed by atoms with E-state index in [0.29, 0.717) is 30.2 Å². The maximum atomic E-state index is 10.7. The Bertz CT molecular complexity index is 357. The summed E-state index contributed by atoms with van der Waals surface area (Å²) in [4.78, 5) is 10.3. The molecular formula is C9H12ClN3O2. The van der Waals surface area contributed by atoms with Crippen molar-refractivity contribution in [3.8, 4) is 0 Å². The molecule has 1 rings (SSSR count). The van der Waals surface area contributed by atoms with Crippen LogP contribution in [-0.4, -0.2) is 18.0 Å². The molecule has 0 aliphatic rings. The second-order valence-electron chi connectivity index (χ2n) is 2.96. The number of rotatable bonds is 5. The van der Waals surface area contributed by atoms with Gasteiger partial charge in [-0.1, -0.05) is 17.7 Å². The van der Waals surface area contributed by atoms with Gasteiger partial charge in [0.2, 0.25) is 0 Å². The van der Waals surface area contributed by atoms with E-state index in [0.717, 1.165) is 0 Å². The van der Waals surface area contributed by atoms with E-state index in [9.17, 15) is 10.1 Å². The number of nitrogens with one attached hydrogen (secondary N) is 1. The van der Waals surface area contributed by atoms with Gasteiger partial charge in [-0.3, -0.25) is 10.1 Å². The second kappa shape index (κ2) is 5.65. The number of halogens is 1. The van der Waals surface area contributed by atoms with E-state index in [1.165, 1.54) is 6.07 Å². The number of hydrogen-bond acceptors (Lipinski definition) is 4. The second-order valence-corrected chi connectivity index (χ2v) is 3.37. The average Bonchev–Trinajstić information content (AvgIpc) is 2.20. The number of benzene rings is 1. The van der Waals surface area contributed by atoms with Crippen molar-refractivity contribution in [1.29, 1.82) is 0 Å². The van der Waals surface area contributed by atoms with Crippen molar-refractivity contribution in [2.75, 3.05) is 13.1 Å². The summed E-state index contributed by atoms with van der Waals surface area (Å²) in [5, 5.41) is 14.1. The van der Waals surface area contributed by atoms with Crippen LogP contribution >= 0.6 is 11.6 Å². The number of nitro benzene ring substituents is 1. The third-order valence-electron chi connectivity index (χ3n) is 1.91. The van der Waals surface area contributed by atoms with Crippen molar-refractivity contribution in [3.63, 3.8) is 0 Å². The molecule has 0 heterocycles. The Kier molecular flexibility index (Phi) is 4.48. The molecule has 3 N–H and O–H groups in total. The quantitative estimate of drug-likeness (QED) is 0.453. The third kappa shape index (κ3) is 3.16. The van der Waals surface area contributed by atoms with Gasteiger partial charge in [0.1, 0.15) is 0 Å². The lowest BCUT2D eigenvalue weighted by molar-refractivity contribution is -0.385. The first-order valence-electron chi connectivity index (χ1n) is 4.49. The van der Waals surface area contributed by atoms with E-state index in [-0.39, 0.29) is 5.69 Å². The minimum Gasteiger partial charge on any atom is -0.329 e. The fraction of sp³-hybridized carbons (Fsp3) is 0.333. The average molecular weight is 230 g/mol. The van der Waals surface area contributed by atoms with Crippen LogP contribution in [0.3, 0.4) is 0 Å². The van der Waals surface area contributed by atoms with Crippen LogP contribution < -0.4 is 11.1 Å². The van der Waals surface area contributed by atoms with Gasteiger partial charge in [0.15, 0.2) is 0 Å². The zero-order valence-corrected chi connectivity index (χ0v) is 8.83. The minimum absolute atomic E-state index is 0.0343. The van der Waals surface area contributed by atoms with Crippen LogP contribution in [0.15, 0.2) is 18.2 Å². The molecule has 0 saturated carbocycles. The lowest BCUT2D eigenvalue weighted by Crippen LogP contribution is -2.22. The van der Waals surface area contributed by atoms with E-state index in [1.54, 1.807) is 12.1 Å². The molecule has 0 spiro atoms. The molecular weight excluding hydrogens is 218 g/mol. The number of nitrogens with two attached hydrogens (primary N) is 1.